The molecule has 0 spiro atoms. The van der Waals surface area contributed by atoms with Gasteiger partial charge < -0.3 is 12.0 Å². The summed E-state index contributed by atoms with van der Waals surface area (Å²) in [7, 11) is 0. The van der Waals surface area contributed by atoms with Gasteiger partial charge in [-0.05, 0) is 5.92 Å². The van der Waals surface area contributed by atoms with Crippen molar-refractivity contribution in [2.24, 2.45) is 11.8 Å². The minimum Gasteiger partial charge on any atom is -0.479 e. The number of carboxylic acid groups (broad SMARTS) is 1. The van der Waals surface area contributed by atoms with Crippen molar-refractivity contribution in [1.82, 2.24) is 0 Å². The van der Waals surface area contributed by atoms with E-state index in [2.05, 4.69) is 20.8 Å². The average Bonchev–Trinajstić information content (AvgIpc) is 2.30. The zero-order valence-electron chi connectivity index (χ0n) is 12.4. The van der Waals surface area contributed by atoms with E-state index >= 15 is 0 Å². The van der Waals surface area contributed by atoms with Crippen LogP contribution in [0.4, 0.5) is 0 Å². The monoisotopic (exact) mass is 274 g/mol. The second kappa shape index (κ2) is 17.4. The molecule has 0 amide bonds. The first kappa shape index (κ1) is 23.5. The number of hydrogen-bond donors (Lipinski definition) is 1. The number of carbonyl (C=O) groups is 1. The second-order valence-corrected chi connectivity index (χ2v) is 4.48. The number of hydrogen-bond acceptors (Lipinski definition) is 3. The predicted octanol–water partition coefficient (Wildman–Crippen LogP) is 0.555. The molecule has 0 aliphatic carbocycles. The summed E-state index contributed by atoms with van der Waals surface area (Å²) in [4.78, 5) is 9.72. The summed E-state index contributed by atoms with van der Waals surface area (Å²) in [5.74, 6) is -2.02. The Kier molecular flexibility index (Phi) is 21.6. The Balaban J connectivity index is -0.000000262. The molecule has 0 atom stereocenters. The normalized spacial score (nSPS) is 8.79. The molecule has 5 heteroatoms. The Hall–Kier alpha value is -0.550. The summed E-state index contributed by atoms with van der Waals surface area (Å²) in [5, 5.41) is 23.6. The van der Waals surface area contributed by atoms with Crippen molar-refractivity contribution in [1.29, 1.82) is 10.5 Å². The third kappa shape index (κ3) is 19.9. The summed E-state index contributed by atoms with van der Waals surface area (Å²) in [6, 6.07) is 2.58. The number of carboxylic acids is 1. The predicted molar refractivity (Wildman–Crippen MR) is 70.2 cm³/mol. The van der Waals surface area contributed by atoms with Gasteiger partial charge in [-0.3, -0.25) is 0 Å². The van der Waals surface area contributed by atoms with Crippen LogP contribution >= 0.6 is 0 Å². The first-order valence-corrected chi connectivity index (χ1v) is 6.30. The van der Waals surface area contributed by atoms with E-state index in [4.69, 9.17) is 15.6 Å². The minimum atomic E-state index is -1.52. The molecule has 0 fully saturated rings. The molecule has 0 aromatic heterocycles. The van der Waals surface area contributed by atoms with Crippen molar-refractivity contribution in [3.63, 3.8) is 0 Å². The summed E-state index contributed by atoms with van der Waals surface area (Å²) in [5.41, 5.74) is 0. The Morgan fingerprint density at radius 1 is 1.16 bits per heavy atom. The Morgan fingerprint density at radius 2 is 1.63 bits per heavy atom. The van der Waals surface area contributed by atoms with Crippen molar-refractivity contribution >= 4 is 5.97 Å². The van der Waals surface area contributed by atoms with E-state index in [0.29, 0.717) is 0 Å². The van der Waals surface area contributed by atoms with Crippen LogP contribution in [0.2, 0.25) is 0 Å². The molecule has 0 bridgehead atoms. The third-order valence-corrected chi connectivity index (χ3v) is 2.29. The van der Waals surface area contributed by atoms with Crippen molar-refractivity contribution in [2.45, 2.75) is 52.4 Å². The van der Waals surface area contributed by atoms with Gasteiger partial charge in [0.05, 0.1) is 12.1 Å². The third-order valence-electron chi connectivity index (χ3n) is 2.29. The van der Waals surface area contributed by atoms with E-state index in [1.807, 2.05) is 0 Å². The van der Waals surface area contributed by atoms with Crippen molar-refractivity contribution in [3.8, 4) is 12.1 Å². The molecule has 0 aromatic rings. The molecule has 1 N–H and O–H groups in total. The number of rotatable bonds is 7. The molecule has 0 saturated carbocycles. The first-order valence-electron chi connectivity index (χ1n) is 6.30. The zero-order valence-corrected chi connectivity index (χ0v) is 14.4. The molecular formula is C14H23N2NaO2. The van der Waals surface area contributed by atoms with Crippen LogP contribution < -0.4 is 29.6 Å². The van der Waals surface area contributed by atoms with Gasteiger partial charge in [0.25, 0.3) is 0 Å². The van der Waals surface area contributed by atoms with Gasteiger partial charge in [0.15, 0.2) is 0 Å². The summed E-state index contributed by atoms with van der Waals surface area (Å²) < 4.78 is 0. The van der Waals surface area contributed by atoms with Gasteiger partial charge in [-0.15, -0.1) is 0 Å². The molecule has 19 heavy (non-hydrogen) atoms. The molecule has 0 unspecified atom stereocenters. The molecule has 4 nitrogen and oxygen atoms in total. The number of nitriles is 2. The first-order chi connectivity index (χ1) is 8.49. The fraction of sp³-hybridized carbons (Fsp3) is 0.714. The van der Waals surface area contributed by atoms with E-state index in [1.54, 1.807) is 0 Å². The maximum Gasteiger partial charge on any atom is 1.00 e. The maximum absolute atomic E-state index is 9.72. The summed E-state index contributed by atoms with van der Waals surface area (Å²) in [6.45, 7) is 8.40. The van der Waals surface area contributed by atoms with Crippen molar-refractivity contribution in [3.05, 3.63) is 6.92 Å². The van der Waals surface area contributed by atoms with Gasteiger partial charge >= 0.3 is 35.5 Å². The quantitative estimate of drug-likeness (QED) is 0.417. The molecule has 0 rings (SSSR count). The van der Waals surface area contributed by atoms with Crippen LogP contribution in [0.3, 0.4) is 0 Å². The van der Waals surface area contributed by atoms with Crippen LogP contribution in [-0.2, 0) is 4.79 Å². The van der Waals surface area contributed by atoms with E-state index in [9.17, 15) is 4.79 Å². The molecule has 0 heterocycles. The molecule has 102 valence electrons. The van der Waals surface area contributed by atoms with Crippen molar-refractivity contribution < 1.29 is 39.5 Å². The van der Waals surface area contributed by atoms with Crippen LogP contribution in [0.25, 0.3) is 0 Å². The topological polar surface area (TPSA) is 84.9 Å². The summed E-state index contributed by atoms with van der Waals surface area (Å²) >= 11 is 0. The van der Waals surface area contributed by atoms with Crippen molar-refractivity contribution in [2.75, 3.05) is 0 Å². The van der Waals surface area contributed by atoms with Gasteiger partial charge in [0.1, 0.15) is 0 Å². The molecule has 0 aliphatic rings. The SMILES string of the molecule is N#CC(C#N)C(=O)O.[CH2-]CCCCCCC(C)C.[Na+]. The van der Waals surface area contributed by atoms with Gasteiger partial charge in [-0.1, -0.05) is 46.0 Å². The van der Waals surface area contributed by atoms with E-state index in [-0.39, 0.29) is 29.6 Å². The fourth-order valence-electron chi connectivity index (χ4n) is 1.22. The Morgan fingerprint density at radius 3 is 1.89 bits per heavy atom. The second-order valence-electron chi connectivity index (χ2n) is 4.48. The van der Waals surface area contributed by atoms with Crippen LogP contribution in [0.15, 0.2) is 0 Å². The van der Waals surface area contributed by atoms with Gasteiger partial charge in [0, 0.05) is 0 Å². The largest absolute Gasteiger partial charge is 1.00 e. The Bertz CT molecular complexity index is 279. The Labute approximate surface area is 139 Å². The minimum absolute atomic E-state index is 0. The van der Waals surface area contributed by atoms with Crippen LogP contribution in [0.1, 0.15) is 52.4 Å². The van der Waals surface area contributed by atoms with Gasteiger partial charge in [-0.2, -0.15) is 16.9 Å². The fourth-order valence-corrected chi connectivity index (χ4v) is 1.22. The molecular weight excluding hydrogens is 251 g/mol. The number of aliphatic carboxylic acids is 1. The van der Waals surface area contributed by atoms with Gasteiger partial charge in [-0.25, -0.2) is 4.79 Å². The van der Waals surface area contributed by atoms with E-state index in [1.165, 1.54) is 44.2 Å². The van der Waals surface area contributed by atoms with Crippen LogP contribution in [-0.4, -0.2) is 11.1 Å². The number of nitrogens with zero attached hydrogens (tertiary/aromatic N) is 2. The number of unbranched alkanes of at least 4 members (excludes halogenated alkanes) is 4. The summed E-state index contributed by atoms with van der Waals surface area (Å²) in [6.07, 6.45) is 8.04. The van der Waals surface area contributed by atoms with Crippen LogP contribution in [0, 0.1) is 41.4 Å². The smallest absolute Gasteiger partial charge is 0.479 e. The zero-order chi connectivity index (χ0) is 14.4. The average molecular weight is 274 g/mol. The molecule has 0 aromatic carbocycles. The van der Waals surface area contributed by atoms with E-state index in [0.717, 1.165) is 12.3 Å². The van der Waals surface area contributed by atoms with Gasteiger partial charge in [0.2, 0.25) is 5.92 Å². The molecule has 0 saturated heterocycles. The molecule has 0 radical (unpaired) electrons. The maximum atomic E-state index is 9.72. The molecule has 0 aliphatic heterocycles. The van der Waals surface area contributed by atoms with E-state index < -0.39 is 11.9 Å². The standard InChI is InChI=1S/C10H21.C4H2N2O2.Na/c1-4-5-6-7-8-9-10(2)3;5-1-3(2-6)4(7)8;/h10H,1,4-9H2,2-3H3;3H,(H,7,8);/q-1;;+1. The van der Waals surface area contributed by atoms with Crippen LogP contribution in [0.5, 0.6) is 0 Å².